The molecule has 0 N–H and O–H groups in total. The Kier molecular flexibility index (Phi) is 5.95. The summed E-state index contributed by atoms with van der Waals surface area (Å²) < 4.78 is 18.2. The Bertz CT molecular complexity index is 387. The molecule has 0 unspecified atom stereocenters. The van der Waals surface area contributed by atoms with Gasteiger partial charge in [-0.15, -0.1) is 0 Å². The zero-order valence-corrected chi connectivity index (χ0v) is 16.1. The number of hydrogen-bond acceptors (Lipinski definition) is 3. The fraction of sp³-hybridized carbons (Fsp3) is 0.733. The van der Waals surface area contributed by atoms with E-state index < -0.39 is 16.6 Å². The SMILES string of the molecule is CCO/C(O[Si](C)(C)C)=C1\CCCC=C1O[Si](C)(C)C. The molecule has 0 saturated heterocycles. The minimum atomic E-state index is -1.68. The van der Waals surface area contributed by atoms with Crippen LogP contribution in [0.15, 0.2) is 23.4 Å². The van der Waals surface area contributed by atoms with E-state index in [1.807, 2.05) is 6.92 Å². The van der Waals surface area contributed by atoms with Crippen LogP contribution in [0.1, 0.15) is 26.2 Å². The summed E-state index contributed by atoms with van der Waals surface area (Å²) in [6.45, 7) is 15.8. The molecule has 0 bridgehead atoms. The molecule has 0 atom stereocenters. The van der Waals surface area contributed by atoms with E-state index in [0.717, 1.165) is 30.6 Å². The van der Waals surface area contributed by atoms with Crippen molar-refractivity contribution in [1.82, 2.24) is 0 Å². The maximum absolute atomic E-state index is 6.23. The van der Waals surface area contributed by atoms with Gasteiger partial charge in [-0.3, -0.25) is 0 Å². The normalized spacial score (nSPS) is 19.2. The number of rotatable bonds is 6. The second-order valence-electron chi connectivity index (χ2n) is 7.09. The van der Waals surface area contributed by atoms with Crippen molar-refractivity contribution in [2.75, 3.05) is 6.61 Å². The van der Waals surface area contributed by atoms with Gasteiger partial charge in [-0.2, -0.15) is 0 Å². The van der Waals surface area contributed by atoms with Crippen molar-refractivity contribution in [3.05, 3.63) is 23.4 Å². The molecule has 1 aliphatic carbocycles. The molecule has 116 valence electrons. The van der Waals surface area contributed by atoms with Crippen LogP contribution < -0.4 is 0 Å². The van der Waals surface area contributed by atoms with Gasteiger partial charge in [0.1, 0.15) is 5.76 Å². The number of ether oxygens (including phenoxy) is 1. The molecule has 0 heterocycles. The Morgan fingerprint density at radius 3 is 2.25 bits per heavy atom. The van der Waals surface area contributed by atoms with Crippen molar-refractivity contribution in [2.45, 2.75) is 65.5 Å². The van der Waals surface area contributed by atoms with Crippen LogP contribution in [-0.2, 0) is 13.6 Å². The molecule has 1 rings (SSSR count). The molecule has 0 fully saturated rings. The van der Waals surface area contributed by atoms with Crippen molar-refractivity contribution in [3.8, 4) is 0 Å². The molecule has 0 aliphatic heterocycles. The number of allylic oxidation sites excluding steroid dienone is 2. The minimum Gasteiger partial charge on any atom is -0.544 e. The van der Waals surface area contributed by atoms with Gasteiger partial charge in [0.15, 0.2) is 0 Å². The highest BCUT2D eigenvalue weighted by molar-refractivity contribution is 6.70. The maximum Gasteiger partial charge on any atom is 0.272 e. The molecule has 0 aromatic rings. The molecule has 0 saturated carbocycles. The molecule has 3 nitrogen and oxygen atoms in total. The van der Waals surface area contributed by atoms with E-state index in [0.29, 0.717) is 12.6 Å². The van der Waals surface area contributed by atoms with Gasteiger partial charge in [-0.1, -0.05) is 0 Å². The molecular formula is C15H30O3Si2. The van der Waals surface area contributed by atoms with Gasteiger partial charge in [-0.25, -0.2) is 0 Å². The molecule has 0 aromatic carbocycles. The van der Waals surface area contributed by atoms with Crippen molar-refractivity contribution >= 4 is 16.6 Å². The van der Waals surface area contributed by atoms with Crippen molar-refractivity contribution in [3.63, 3.8) is 0 Å². The van der Waals surface area contributed by atoms with Crippen LogP contribution in [0.5, 0.6) is 0 Å². The first-order valence-electron chi connectivity index (χ1n) is 7.57. The summed E-state index contributed by atoms with van der Waals surface area (Å²) in [5.41, 5.74) is 1.13. The third kappa shape index (κ3) is 6.18. The first kappa shape index (κ1) is 17.4. The molecule has 0 radical (unpaired) electrons. The molecule has 1 aliphatic rings. The highest BCUT2D eigenvalue weighted by Crippen LogP contribution is 2.32. The summed E-state index contributed by atoms with van der Waals surface area (Å²) in [5.74, 6) is 1.70. The Balaban J connectivity index is 3.08. The summed E-state index contributed by atoms with van der Waals surface area (Å²) in [6.07, 6.45) is 5.40. The zero-order valence-electron chi connectivity index (χ0n) is 14.1. The van der Waals surface area contributed by atoms with Gasteiger partial charge in [0.05, 0.1) is 12.2 Å². The average Bonchev–Trinajstić information content (AvgIpc) is 2.25. The summed E-state index contributed by atoms with van der Waals surface area (Å²) >= 11 is 0. The van der Waals surface area contributed by atoms with E-state index in [4.69, 9.17) is 13.6 Å². The highest BCUT2D eigenvalue weighted by atomic mass is 28.4. The Labute approximate surface area is 126 Å². The van der Waals surface area contributed by atoms with E-state index >= 15 is 0 Å². The van der Waals surface area contributed by atoms with Gasteiger partial charge in [-0.05, 0) is 71.5 Å². The quantitative estimate of drug-likeness (QED) is 0.510. The molecule has 0 aromatic heterocycles. The Morgan fingerprint density at radius 2 is 1.75 bits per heavy atom. The lowest BCUT2D eigenvalue weighted by atomic mass is 10.0. The largest absolute Gasteiger partial charge is 0.544 e. The molecular weight excluding hydrogens is 284 g/mol. The fourth-order valence-corrected chi connectivity index (χ4v) is 3.59. The predicted molar refractivity (Wildman–Crippen MR) is 89.4 cm³/mol. The first-order chi connectivity index (χ1) is 9.12. The van der Waals surface area contributed by atoms with Gasteiger partial charge in [0.2, 0.25) is 16.6 Å². The van der Waals surface area contributed by atoms with E-state index in [-0.39, 0.29) is 0 Å². The van der Waals surface area contributed by atoms with Gasteiger partial charge >= 0.3 is 0 Å². The van der Waals surface area contributed by atoms with Gasteiger partial charge in [0.25, 0.3) is 5.95 Å². The first-order valence-corrected chi connectivity index (χ1v) is 14.4. The third-order valence-corrected chi connectivity index (χ3v) is 4.22. The fourth-order valence-electron chi connectivity index (χ4n) is 1.98. The molecule has 0 spiro atoms. The van der Waals surface area contributed by atoms with Crippen LogP contribution in [0, 0.1) is 0 Å². The topological polar surface area (TPSA) is 27.7 Å². The van der Waals surface area contributed by atoms with Crippen LogP contribution in [0.25, 0.3) is 0 Å². The van der Waals surface area contributed by atoms with E-state index in [2.05, 4.69) is 45.4 Å². The molecule has 0 amide bonds. The van der Waals surface area contributed by atoms with E-state index in [1.54, 1.807) is 0 Å². The smallest absolute Gasteiger partial charge is 0.272 e. The second-order valence-corrected chi connectivity index (χ2v) is 15.9. The van der Waals surface area contributed by atoms with Crippen LogP contribution in [0.4, 0.5) is 0 Å². The highest BCUT2D eigenvalue weighted by Gasteiger charge is 2.27. The van der Waals surface area contributed by atoms with Gasteiger partial charge in [0, 0.05) is 0 Å². The third-order valence-electron chi connectivity index (χ3n) is 2.59. The maximum atomic E-state index is 6.23. The average molecular weight is 315 g/mol. The standard InChI is InChI=1S/C15H30O3Si2/c1-8-16-15(18-20(5,6)7)13-11-9-10-12-14(13)17-19(2,3)4/h12H,8-11H2,1-7H3/b15-13-. The lowest BCUT2D eigenvalue weighted by Crippen LogP contribution is -2.29. The molecule has 20 heavy (non-hydrogen) atoms. The zero-order chi connectivity index (χ0) is 15.4. The van der Waals surface area contributed by atoms with Crippen LogP contribution in [-0.4, -0.2) is 23.2 Å². The van der Waals surface area contributed by atoms with Crippen LogP contribution in [0.2, 0.25) is 39.3 Å². The van der Waals surface area contributed by atoms with Crippen molar-refractivity contribution in [1.29, 1.82) is 0 Å². The lowest BCUT2D eigenvalue weighted by molar-refractivity contribution is 0.105. The van der Waals surface area contributed by atoms with Crippen LogP contribution >= 0.6 is 0 Å². The summed E-state index contributed by atoms with van der Waals surface area (Å²) in [4.78, 5) is 0. The second kappa shape index (κ2) is 6.85. The predicted octanol–water partition coefficient (Wildman–Crippen LogP) is 5.01. The molecule has 5 heteroatoms. The van der Waals surface area contributed by atoms with Crippen molar-refractivity contribution in [2.24, 2.45) is 0 Å². The Morgan fingerprint density at radius 1 is 1.10 bits per heavy atom. The van der Waals surface area contributed by atoms with Crippen LogP contribution in [0.3, 0.4) is 0 Å². The van der Waals surface area contributed by atoms with Gasteiger partial charge < -0.3 is 13.6 Å². The minimum absolute atomic E-state index is 0.629. The summed E-state index contributed by atoms with van der Waals surface area (Å²) in [6, 6.07) is 0. The number of hydrogen-bond donors (Lipinski definition) is 0. The van der Waals surface area contributed by atoms with E-state index in [1.165, 1.54) is 0 Å². The lowest BCUT2D eigenvalue weighted by Gasteiger charge is -2.29. The van der Waals surface area contributed by atoms with E-state index in [9.17, 15) is 0 Å². The Hall–Kier alpha value is -0.686. The summed E-state index contributed by atoms with van der Waals surface area (Å²) in [5, 5.41) is 0. The summed E-state index contributed by atoms with van der Waals surface area (Å²) in [7, 11) is -3.30. The monoisotopic (exact) mass is 314 g/mol. The van der Waals surface area contributed by atoms with Crippen molar-refractivity contribution < 1.29 is 13.6 Å².